The molecule has 268 valence electrons. The number of anilines is 2. The van der Waals surface area contributed by atoms with Crippen molar-refractivity contribution < 1.29 is 24.2 Å². The van der Waals surface area contributed by atoms with Gasteiger partial charge in [-0.25, -0.2) is 0 Å². The predicted molar refractivity (Wildman–Crippen MR) is 206 cm³/mol. The first-order valence-electron chi connectivity index (χ1n) is 17.4. The van der Waals surface area contributed by atoms with E-state index < -0.39 is 5.97 Å². The molecule has 0 unspecified atom stereocenters. The molecule has 9 nitrogen and oxygen atoms in total. The number of aryl methyl sites for hydroxylation is 2. The van der Waals surface area contributed by atoms with Gasteiger partial charge in [0.15, 0.2) is 5.78 Å². The summed E-state index contributed by atoms with van der Waals surface area (Å²) in [5, 5.41) is 13.5. The number of fused-ring (bicyclic) bond motifs is 1. The van der Waals surface area contributed by atoms with Crippen molar-refractivity contribution in [3.05, 3.63) is 119 Å². The fourth-order valence-corrected chi connectivity index (χ4v) is 6.67. The van der Waals surface area contributed by atoms with Crippen LogP contribution in [0.25, 0.3) is 10.9 Å². The average Bonchev–Trinajstić information content (AvgIpc) is 3.51. The van der Waals surface area contributed by atoms with Crippen molar-refractivity contribution in [3.8, 4) is 11.5 Å². The molecular weight excluding hydrogens is 664 g/mol. The molecule has 4 aromatic carbocycles. The van der Waals surface area contributed by atoms with Crippen LogP contribution in [0.1, 0.15) is 46.3 Å². The maximum Gasteiger partial charge on any atom is 0.303 e. The highest BCUT2D eigenvalue weighted by molar-refractivity contribution is 6.16. The fraction of sp³-hybridized carbons (Fsp3) is 0.317. The Morgan fingerprint density at radius 3 is 2.37 bits per heavy atom. The zero-order chi connectivity index (χ0) is 34.9. The maximum absolute atomic E-state index is 14.0. The van der Waals surface area contributed by atoms with Crippen molar-refractivity contribution in [1.29, 1.82) is 0 Å². The molecule has 10 heteroatoms. The molecule has 1 aliphatic heterocycles. The Bertz CT molecular complexity index is 1930. The summed E-state index contributed by atoms with van der Waals surface area (Å²) in [4.78, 5) is 30.0. The van der Waals surface area contributed by atoms with Crippen LogP contribution in [0.2, 0.25) is 0 Å². The van der Waals surface area contributed by atoms with Gasteiger partial charge in [0.2, 0.25) is 0 Å². The summed E-state index contributed by atoms with van der Waals surface area (Å²) in [5.41, 5.74) is 6.43. The van der Waals surface area contributed by atoms with Gasteiger partial charge in [-0.2, -0.15) is 0 Å². The number of methoxy groups -OCH3 is 1. The number of rotatable bonds is 16. The van der Waals surface area contributed by atoms with Crippen LogP contribution >= 0.6 is 12.4 Å². The highest BCUT2D eigenvalue weighted by Gasteiger charge is 2.21. The topological polar surface area (TPSA) is 96.3 Å². The first-order chi connectivity index (χ1) is 24.4. The second-order valence-corrected chi connectivity index (χ2v) is 12.8. The van der Waals surface area contributed by atoms with E-state index >= 15 is 0 Å². The van der Waals surface area contributed by atoms with Gasteiger partial charge in [-0.05, 0) is 67.3 Å². The molecule has 5 aromatic rings. The number of aliphatic carboxylic acids is 1. The summed E-state index contributed by atoms with van der Waals surface area (Å²) < 4.78 is 14.0. The molecule has 51 heavy (non-hydrogen) atoms. The van der Waals surface area contributed by atoms with E-state index in [9.17, 15) is 9.59 Å². The first-order valence-corrected chi connectivity index (χ1v) is 17.4. The van der Waals surface area contributed by atoms with Gasteiger partial charge in [0, 0.05) is 80.5 Å². The molecule has 2 N–H and O–H groups in total. The monoisotopic (exact) mass is 710 g/mol. The molecule has 1 aliphatic rings. The summed E-state index contributed by atoms with van der Waals surface area (Å²) in [6.45, 7) is 8.51. The molecule has 0 aliphatic carbocycles. The van der Waals surface area contributed by atoms with Gasteiger partial charge < -0.3 is 29.4 Å². The highest BCUT2D eigenvalue weighted by Crippen LogP contribution is 2.31. The minimum absolute atomic E-state index is 0. The summed E-state index contributed by atoms with van der Waals surface area (Å²) in [6.07, 6.45) is 3.27. The number of piperazine rings is 1. The Kier molecular flexibility index (Phi) is 13.0. The summed E-state index contributed by atoms with van der Waals surface area (Å²) >= 11 is 0. The minimum atomic E-state index is -0.826. The smallest absolute Gasteiger partial charge is 0.303 e. The Labute approximate surface area is 306 Å². The lowest BCUT2D eigenvalue weighted by atomic mass is 10.0. The molecular formula is C41H47ClN4O5. The predicted octanol–water partition coefficient (Wildman–Crippen LogP) is 7.68. The van der Waals surface area contributed by atoms with Gasteiger partial charge in [-0.1, -0.05) is 54.6 Å². The molecule has 6 rings (SSSR count). The van der Waals surface area contributed by atoms with Crippen LogP contribution in [0, 0.1) is 6.92 Å². The van der Waals surface area contributed by atoms with Crippen LogP contribution < -0.4 is 19.7 Å². The van der Waals surface area contributed by atoms with Gasteiger partial charge in [-0.15, -0.1) is 12.4 Å². The van der Waals surface area contributed by atoms with E-state index in [0.29, 0.717) is 43.0 Å². The SMILES string of the molecule is COc1ccccc1N1CCN(CCCOc2cc(C(=O)c3cn(CCCC(=O)O)c4ccccc34)ccc2NCc2ccccc2C)CC1.Cl. The highest BCUT2D eigenvalue weighted by atomic mass is 35.5. The van der Waals surface area contributed by atoms with E-state index in [-0.39, 0.29) is 24.6 Å². The number of halogens is 1. The summed E-state index contributed by atoms with van der Waals surface area (Å²) in [7, 11) is 1.72. The molecule has 1 saturated heterocycles. The lowest BCUT2D eigenvalue weighted by Crippen LogP contribution is -2.46. The number of hydrogen-bond acceptors (Lipinski definition) is 7. The third-order valence-corrected chi connectivity index (χ3v) is 9.47. The number of para-hydroxylation sites is 3. The van der Waals surface area contributed by atoms with E-state index in [4.69, 9.17) is 14.6 Å². The Morgan fingerprint density at radius 2 is 1.59 bits per heavy atom. The minimum Gasteiger partial charge on any atom is -0.495 e. The van der Waals surface area contributed by atoms with Gasteiger partial charge in [0.25, 0.3) is 0 Å². The molecule has 0 bridgehead atoms. The van der Waals surface area contributed by atoms with E-state index in [1.165, 1.54) is 11.1 Å². The Hall–Kier alpha value is -4.99. The third kappa shape index (κ3) is 9.22. The van der Waals surface area contributed by atoms with Gasteiger partial charge in [0.05, 0.1) is 25.1 Å². The number of carbonyl (C=O) groups is 2. The number of nitrogens with one attached hydrogen (secondary N) is 1. The van der Waals surface area contributed by atoms with Gasteiger partial charge >= 0.3 is 5.97 Å². The number of carbonyl (C=O) groups excluding carboxylic acids is 1. The van der Waals surface area contributed by atoms with Crippen molar-refractivity contribution in [2.24, 2.45) is 0 Å². The Morgan fingerprint density at radius 1 is 0.843 bits per heavy atom. The number of carboxylic acids is 1. The maximum atomic E-state index is 14.0. The number of hydrogen-bond donors (Lipinski definition) is 2. The van der Waals surface area contributed by atoms with Crippen molar-refractivity contribution in [2.45, 2.75) is 39.3 Å². The number of benzene rings is 4. The lowest BCUT2D eigenvalue weighted by molar-refractivity contribution is -0.137. The van der Waals surface area contributed by atoms with E-state index in [2.05, 4.69) is 46.3 Å². The average molecular weight is 711 g/mol. The second-order valence-electron chi connectivity index (χ2n) is 12.8. The second kappa shape index (κ2) is 17.8. The van der Waals surface area contributed by atoms with Crippen LogP contribution in [0.4, 0.5) is 11.4 Å². The number of nitrogens with zero attached hydrogens (tertiary/aromatic N) is 3. The molecule has 0 saturated carbocycles. The number of ketones is 1. The largest absolute Gasteiger partial charge is 0.495 e. The van der Waals surface area contributed by atoms with Crippen LogP contribution in [0.3, 0.4) is 0 Å². The van der Waals surface area contributed by atoms with E-state index in [1.54, 1.807) is 7.11 Å². The zero-order valence-electron chi connectivity index (χ0n) is 29.3. The zero-order valence-corrected chi connectivity index (χ0v) is 30.2. The van der Waals surface area contributed by atoms with E-state index in [0.717, 1.165) is 67.2 Å². The molecule has 2 heterocycles. The lowest BCUT2D eigenvalue weighted by Gasteiger charge is -2.36. The van der Waals surface area contributed by atoms with E-state index in [1.807, 2.05) is 77.5 Å². The first kappa shape index (κ1) is 37.3. The Balaban J connectivity index is 0.00000504. The number of carboxylic acid groups (broad SMARTS) is 1. The summed E-state index contributed by atoms with van der Waals surface area (Å²) in [6, 6.07) is 29.9. The van der Waals surface area contributed by atoms with Gasteiger partial charge in [0.1, 0.15) is 11.5 Å². The van der Waals surface area contributed by atoms with Crippen LogP contribution in [0.15, 0.2) is 97.2 Å². The fourth-order valence-electron chi connectivity index (χ4n) is 6.67. The molecule has 0 atom stereocenters. The summed E-state index contributed by atoms with van der Waals surface area (Å²) in [5.74, 6) is 0.633. The third-order valence-electron chi connectivity index (χ3n) is 9.47. The normalized spacial score (nSPS) is 13.1. The number of aromatic nitrogens is 1. The molecule has 0 spiro atoms. The van der Waals surface area contributed by atoms with Crippen LogP contribution in [-0.2, 0) is 17.9 Å². The van der Waals surface area contributed by atoms with Crippen molar-refractivity contribution in [1.82, 2.24) is 9.47 Å². The number of ether oxygens (including phenoxy) is 2. The van der Waals surface area contributed by atoms with Crippen LogP contribution in [-0.4, -0.2) is 72.8 Å². The van der Waals surface area contributed by atoms with Crippen LogP contribution in [0.5, 0.6) is 11.5 Å². The van der Waals surface area contributed by atoms with Crippen molar-refractivity contribution >= 4 is 46.4 Å². The van der Waals surface area contributed by atoms with Crippen molar-refractivity contribution in [3.63, 3.8) is 0 Å². The molecule has 0 radical (unpaired) electrons. The quantitative estimate of drug-likeness (QED) is 0.0796. The molecule has 1 aromatic heterocycles. The van der Waals surface area contributed by atoms with Crippen molar-refractivity contribution in [2.75, 3.05) is 56.7 Å². The van der Waals surface area contributed by atoms with Gasteiger partial charge in [-0.3, -0.25) is 14.5 Å². The molecule has 1 fully saturated rings. The molecule has 0 amide bonds. The standard InChI is InChI=1S/C41H46N4O5.ClH/c1-30-11-3-4-12-32(30)28-42-35-19-18-31(41(48)34-29-45(21-9-17-40(46)47)36-14-6-5-13-33(34)36)27-39(35)50-26-10-20-43-22-24-44(25-23-43)37-15-7-8-16-38(37)49-2;/h3-8,11-16,18-19,27,29,42H,9-10,17,20-26,28H2,1-2H3,(H,46,47);1H.